The average molecular weight is 721 g/mol. The fraction of sp³-hybridized carbons (Fsp3) is 0. The Morgan fingerprint density at radius 1 is 0.418 bits per heavy atom. The number of benzene rings is 8. The van der Waals surface area contributed by atoms with E-state index in [4.69, 9.17) is 19.7 Å². The molecule has 0 saturated heterocycles. The number of thiophene rings is 1. The maximum Gasteiger partial charge on any atom is 0.164 e. The minimum absolute atomic E-state index is 0.619. The lowest BCUT2D eigenvalue weighted by Gasteiger charge is -2.25. The van der Waals surface area contributed by atoms with Crippen LogP contribution in [-0.2, 0) is 0 Å². The highest BCUT2D eigenvalue weighted by Gasteiger charge is 2.27. The summed E-state index contributed by atoms with van der Waals surface area (Å²) in [6, 6.07) is 59.5. The van der Waals surface area contributed by atoms with Crippen molar-refractivity contribution in [3.63, 3.8) is 0 Å². The summed E-state index contributed by atoms with van der Waals surface area (Å²) >= 11 is 1.85. The van der Waals surface area contributed by atoms with Gasteiger partial charge in [0.15, 0.2) is 23.2 Å². The van der Waals surface area contributed by atoms with E-state index in [1.807, 2.05) is 72.0 Å². The summed E-state index contributed by atoms with van der Waals surface area (Å²) in [5, 5.41) is 7.12. The summed E-state index contributed by atoms with van der Waals surface area (Å²) in [5.74, 6) is 3.54. The van der Waals surface area contributed by atoms with E-state index < -0.39 is 0 Å². The van der Waals surface area contributed by atoms with Crippen LogP contribution in [0.25, 0.3) is 104 Å². The van der Waals surface area contributed by atoms with E-state index in [9.17, 15) is 0 Å². The molecule has 0 amide bonds. The summed E-state index contributed by atoms with van der Waals surface area (Å²) in [4.78, 5) is 15.1. The van der Waals surface area contributed by atoms with E-state index in [0.29, 0.717) is 17.5 Å². The second kappa shape index (κ2) is 11.7. The molecule has 0 N–H and O–H groups in total. The summed E-state index contributed by atoms with van der Waals surface area (Å²) in [6.07, 6.45) is 0. The molecule has 55 heavy (non-hydrogen) atoms. The number of fused-ring (bicyclic) bond motifs is 8. The van der Waals surface area contributed by atoms with E-state index in [1.54, 1.807) is 0 Å². The molecule has 256 valence electrons. The Morgan fingerprint density at radius 2 is 1.07 bits per heavy atom. The molecule has 12 rings (SSSR count). The number of nitrogens with zero attached hydrogens (tertiary/aromatic N) is 4. The maximum absolute atomic E-state index is 7.04. The van der Waals surface area contributed by atoms with E-state index in [1.165, 1.54) is 30.9 Å². The second-order valence-corrected chi connectivity index (χ2v) is 15.0. The predicted molar refractivity (Wildman–Crippen MR) is 226 cm³/mol. The fourth-order valence-corrected chi connectivity index (χ4v) is 9.51. The molecule has 0 bridgehead atoms. The monoisotopic (exact) mass is 720 g/mol. The molecule has 5 nitrogen and oxygen atoms in total. The number of para-hydroxylation sites is 2. The SMILES string of the molecule is c1ccc(-c2nc(-c3ccccc3)nc(-c3ccc4c5c(cccc35)-c3cccc(-n5c6ccccc6c6cc7c(cc65)sc5ccccc57)c3O4)n2)cc1. The molecule has 8 aromatic carbocycles. The molecular weight excluding hydrogens is 693 g/mol. The first kappa shape index (κ1) is 30.3. The van der Waals surface area contributed by atoms with Crippen LogP contribution in [-0.4, -0.2) is 19.5 Å². The Morgan fingerprint density at radius 3 is 1.87 bits per heavy atom. The van der Waals surface area contributed by atoms with Crippen molar-refractivity contribution in [2.75, 3.05) is 0 Å². The van der Waals surface area contributed by atoms with Crippen LogP contribution in [0.2, 0.25) is 0 Å². The third-order valence-electron chi connectivity index (χ3n) is 10.9. The highest BCUT2D eigenvalue weighted by Crippen LogP contribution is 2.52. The van der Waals surface area contributed by atoms with E-state index >= 15 is 0 Å². The third kappa shape index (κ3) is 4.55. The van der Waals surface area contributed by atoms with Gasteiger partial charge in [-0.15, -0.1) is 11.3 Å². The lowest BCUT2D eigenvalue weighted by Crippen LogP contribution is -2.04. The Balaban J connectivity index is 1.07. The molecule has 0 aliphatic carbocycles. The van der Waals surface area contributed by atoms with Gasteiger partial charge in [0.25, 0.3) is 0 Å². The van der Waals surface area contributed by atoms with Crippen molar-refractivity contribution in [3.05, 3.63) is 170 Å². The second-order valence-electron chi connectivity index (χ2n) is 13.9. The first-order chi connectivity index (χ1) is 27.3. The van der Waals surface area contributed by atoms with Gasteiger partial charge in [0, 0.05) is 58.6 Å². The van der Waals surface area contributed by atoms with Crippen molar-refractivity contribution in [3.8, 4) is 62.5 Å². The third-order valence-corrected chi connectivity index (χ3v) is 12.0. The number of hydrogen-bond acceptors (Lipinski definition) is 5. The first-order valence-electron chi connectivity index (χ1n) is 18.4. The zero-order valence-electron chi connectivity index (χ0n) is 29.3. The van der Waals surface area contributed by atoms with Gasteiger partial charge in [0.05, 0.1) is 16.7 Å². The summed E-state index contributed by atoms with van der Waals surface area (Å²) in [6.45, 7) is 0. The smallest absolute Gasteiger partial charge is 0.164 e. The van der Waals surface area contributed by atoms with Gasteiger partial charge in [-0.3, -0.25) is 0 Å². The van der Waals surface area contributed by atoms with Crippen LogP contribution in [0.15, 0.2) is 170 Å². The molecule has 0 saturated carbocycles. The van der Waals surface area contributed by atoms with Gasteiger partial charge in [0.2, 0.25) is 0 Å². The van der Waals surface area contributed by atoms with E-state index in [0.717, 1.165) is 66.8 Å². The molecule has 0 fully saturated rings. The number of aromatic nitrogens is 4. The lowest BCUT2D eigenvalue weighted by atomic mass is 9.92. The number of hydrogen-bond donors (Lipinski definition) is 0. The van der Waals surface area contributed by atoms with Gasteiger partial charge in [-0.2, -0.15) is 0 Å². The average Bonchev–Trinajstić information content (AvgIpc) is 3.78. The van der Waals surface area contributed by atoms with Crippen molar-refractivity contribution in [2.45, 2.75) is 0 Å². The van der Waals surface area contributed by atoms with Gasteiger partial charge in [-0.1, -0.05) is 127 Å². The molecule has 0 radical (unpaired) electrons. The normalized spacial score (nSPS) is 12.1. The summed E-state index contributed by atoms with van der Waals surface area (Å²) < 4.78 is 12.0. The topological polar surface area (TPSA) is 52.8 Å². The molecule has 1 aliphatic heterocycles. The summed E-state index contributed by atoms with van der Waals surface area (Å²) in [7, 11) is 0. The predicted octanol–water partition coefficient (Wildman–Crippen LogP) is 13.3. The van der Waals surface area contributed by atoms with Gasteiger partial charge in [-0.25, -0.2) is 15.0 Å². The largest absolute Gasteiger partial charge is 0.454 e. The van der Waals surface area contributed by atoms with E-state index in [2.05, 4.69) is 114 Å². The Bertz CT molecular complexity index is 3290. The minimum atomic E-state index is 0.619. The van der Waals surface area contributed by atoms with Crippen molar-refractivity contribution >= 4 is 64.1 Å². The van der Waals surface area contributed by atoms with Crippen molar-refractivity contribution in [2.24, 2.45) is 0 Å². The zero-order chi connectivity index (χ0) is 36.0. The highest BCUT2D eigenvalue weighted by molar-refractivity contribution is 7.25. The quantitative estimate of drug-likeness (QED) is 0.182. The van der Waals surface area contributed by atoms with Crippen LogP contribution in [0.1, 0.15) is 0 Å². The molecule has 6 heteroatoms. The number of rotatable bonds is 4. The van der Waals surface area contributed by atoms with Crippen LogP contribution in [0, 0.1) is 0 Å². The molecule has 0 unspecified atom stereocenters. The van der Waals surface area contributed by atoms with Crippen LogP contribution in [0.4, 0.5) is 0 Å². The highest BCUT2D eigenvalue weighted by atomic mass is 32.1. The van der Waals surface area contributed by atoms with Gasteiger partial charge in [0.1, 0.15) is 5.75 Å². The fourth-order valence-electron chi connectivity index (χ4n) is 8.39. The van der Waals surface area contributed by atoms with E-state index in [-0.39, 0.29) is 0 Å². The molecule has 0 spiro atoms. The molecule has 0 atom stereocenters. The molecule has 3 aromatic heterocycles. The Labute approximate surface area is 319 Å². The Hall–Kier alpha value is -7.15. The maximum atomic E-state index is 7.04. The van der Waals surface area contributed by atoms with Gasteiger partial charge >= 0.3 is 0 Å². The molecule has 1 aliphatic rings. The van der Waals surface area contributed by atoms with Gasteiger partial charge in [-0.05, 0) is 53.4 Å². The molecule has 4 heterocycles. The van der Waals surface area contributed by atoms with Crippen molar-refractivity contribution < 1.29 is 4.74 Å². The van der Waals surface area contributed by atoms with Crippen LogP contribution in [0.3, 0.4) is 0 Å². The number of ether oxygens (including phenoxy) is 1. The van der Waals surface area contributed by atoms with Crippen LogP contribution >= 0.6 is 11.3 Å². The minimum Gasteiger partial charge on any atom is -0.454 e. The standard InChI is InChI=1S/C49H28N4OS/c1-3-13-29(14-4-1)47-50-48(30-15-5-2-6-16-30)52-49(51-47)36-25-26-42-45-33(19-11-20-34(36)45)35-21-12-23-40(46(35)54-42)53-39-22-9-7-17-31(39)37-27-38-32-18-8-10-24-43(32)55-44(38)28-41(37)53/h1-28H. The molecule has 11 aromatic rings. The van der Waals surface area contributed by atoms with Crippen LogP contribution in [0.5, 0.6) is 11.5 Å². The zero-order valence-corrected chi connectivity index (χ0v) is 30.1. The molecular formula is C49H28N4OS. The van der Waals surface area contributed by atoms with Gasteiger partial charge < -0.3 is 9.30 Å². The Kier molecular flexibility index (Phi) is 6.44. The van der Waals surface area contributed by atoms with Crippen molar-refractivity contribution in [1.82, 2.24) is 19.5 Å². The first-order valence-corrected chi connectivity index (χ1v) is 19.2. The lowest BCUT2D eigenvalue weighted by molar-refractivity contribution is 0.485. The summed E-state index contributed by atoms with van der Waals surface area (Å²) in [5.41, 5.74) is 8.29. The van der Waals surface area contributed by atoms with Crippen LogP contribution < -0.4 is 4.74 Å². The van der Waals surface area contributed by atoms with Crippen molar-refractivity contribution in [1.29, 1.82) is 0 Å².